The van der Waals surface area contributed by atoms with Crippen molar-refractivity contribution in [2.24, 2.45) is 0 Å². The SMILES string of the molecule is Cc1cc(NS(=O)(=O)c2ccccc2)c(C(=O)c2ccccc2)cc1C. The second-order valence-corrected chi connectivity index (χ2v) is 7.78. The molecule has 0 saturated heterocycles. The highest BCUT2D eigenvalue weighted by molar-refractivity contribution is 7.92. The molecule has 0 aliphatic carbocycles. The number of anilines is 1. The summed E-state index contributed by atoms with van der Waals surface area (Å²) in [6.45, 7) is 3.78. The van der Waals surface area contributed by atoms with E-state index in [0.29, 0.717) is 11.1 Å². The summed E-state index contributed by atoms with van der Waals surface area (Å²) in [6.07, 6.45) is 0. The first kappa shape index (κ1) is 17.9. The van der Waals surface area contributed by atoms with Crippen LogP contribution in [0.1, 0.15) is 27.0 Å². The molecule has 5 heteroatoms. The van der Waals surface area contributed by atoms with Crippen molar-refractivity contribution in [3.05, 3.63) is 95.1 Å². The van der Waals surface area contributed by atoms with Gasteiger partial charge in [0.05, 0.1) is 10.6 Å². The van der Waals surface area contributed by atoms with Gasteiger partial charge in [0.25, 0.3) is 10.0 Å². The first-order chi connectivity index (χ1) is 12.4. The molecule has 1 N–H and O–H groups in total. The molecule has 0 amide bonds. The van der Waals surface area contributed by atoms with Crippen LogP contribution in [0.5, 0.6) is 0 Å². The van der Waals surface area contributed by atoms with Crippen LogP contribution in [0.15, 0.2) is 77.7 Å². The van der Waals surface area contributed by atoms with E-state index in [1.165, 1.54) is 12.1 Å². The molecule has 3 aromatic rings. The first-order valence-electron chi connectivity index (χ1n) is 8.17. The minimum absolute atomic E-state index is 0.149. The molecule has 0 heterocycles. The molecule has 3 rings (SSSR count). The Morgan fingerprint density at radius 2 is 1.35 bits per heavy atom. The molecule has 0 bridgehead atoms. The van der Waals surface area contributed by atoms with Crippen molar-refractivity contribution < 1.29 is 13.2 Å². The van der Waals surface area contributed by atoms with Crippen LogP contribution in [0.2, 0.25) is 0 Å². The standard InChI is InChI=1S/C21H19NO3S/c1-15-13-19(21(23)17-9-5-3-6-10-17)20(14-16(15)2)22-26(24,25)18-11-7-4-8-12-18/h3-14,22H,1-2H3. The lowest BCUT2D eigenvalue weighted by Gasteiger charge is -2.15. The van der Waals surface area contributed by atoms with Crippen molar-refractivity contribution in [3.63, 3.8) is 0 Å². The summed E-state index contributed by atoms with van der Waals surface area (Å²) in [5.41, 5.74) is 2.95. The number of aryl methyl sites for hydroxylation is 2. The van der Waals surface area contributed by atoms with Gasteiger partial charge < -0.3 is 0 Å². The third kappa shape index (κ3) is 3.68. The number of sulfonamides is 1. The minimum atomic E-state index is -3.78. The molecule has 132 valence electrons. The van der Waals surface area contributed by atoms with Crippen molar-refractivity contribution in [2.75, 3.05) is 4.72 Å². The summed E-state index contributed by atoms with van der Waals surface area (Å²) in [5.74, 6) is -0.223. The number of nitrogens with one attached hydrogen (secondary N) is 1. The van der Waals surface area contributed by atoms with Crippen molar-refractivity contribution in [1.82, 2.24) is 0 Å². The lowest BCUT2D eigenvalue weighted by molar-refractivity contribution is 0.103. The van der Waals surface area contributed by atoms with E-state index in [2.05, 4.69) is 4.72 Å². The van der Waals surface area contributed by atoms with Crippen LogP contribution in [0, 0.1) is 13.8 Å². The van der Waals surface area contributed by atoms with E-state index < -0.39 is 10.0 Å². The zero-order chi connectivity index (χ0) is 18.7. The molecule has 0 aliphatic rings. The normalized spacial score (nSPS) is 11.2. The highest BCUT2D eigenvalue weighted by Crippen LogP contribution is 2.26. The van der Waals surface area contributed by atoms with Crippen LogP contribution >= 0.6 is 0 Å². The van der Waals surface area contributed by atoms with E-state index in [1.807, 2.05) is 19.9 Å². The number of rotatable bonds is 5. The minimum Gasteiger partial charge on any atom is -0.289 e. The second kappa shape index (κ2) is 7.14. The van der Waals surface area contributed by atoms with Gasteiger partial charge >= 0.3 is 0 Å². The molecule has 3 aromatic carbocycles. The number of carbonyl (C=O) groups excluding carboxylic acids is 1. The van der Waals surface area contributed by atoms with E-state index in [9.17, 15) is 13.2 Å². The Hall–Kier alpha value is -2.92. The highest BCUT2D eigenvalue weighted by Gasteiger charge is 2.20. The molecule has 0 unspecified atom stereocenters. The van der Waals surface area contributed by atoms with Gasteiger partial charge in [-0.2, -0.15) is 0 Å². The van der Waals surface area contributed by atoms with Gasteiger partial charge in [-0.25, -0.2) is 8.42 Å². The fourth-order valence-electron chi connectivity index (χ4n) is 2.64. The zero-order valence-electron chi connectivity index (χ0n) is 14.6. The molecular weight excluding hydrogens is 346 g/mol. The fourth-order valence-corrected chi connectivity index (χ4v) is 3.73. The average Bonchev–Trinajstić information content (AvgIpc) is 2.65. The summed E-state index contributed by atoms with van der Waals surface area (Å²) < 4.78 is 27.9. The number of benzene rings is 3. The number of hydrogen-bond donors (Lipinski definition) is 1. The topological polar surface area (TPSA) is 63.2 Å². The third-order valence-electron chi connectivity index (χ3n) is 4.21. The van der Waals surface area contributed by atoms with Crippen LogP contribution in [0.3, 0.4) is 0 Å². The largest absolute Gasteiger partial charge is 0.289 e. The maximum Gasteiger partial charge on any atom is 0.261 e. The maximum absolute atomic E-state index is 12.9. The fraction of sp³-hybridized carbons (Fsp3) is 0.0952. The zero-order valence-corrected chi connectivity index (χ0v) is 15.4. The Balaban J connectivity index is 2.07. The third-order valence-corrected chi connectivity index (χ3v) is 5.59. The van der Waals surface area contributed by atoms with Gasteiger partial charge in [0.15, 0.2) is 5.78 Å². The van der Waals surface area contributed by atoms with E-state index in [1.54, 1.807) is 54.6 Å². The monoisotopic (exact) mass is 365 g/mol. The number of ketones is 1. The van der Waals surface area contributed by atoms with Crippen LogP contribution in [0.4, 0.5) is 5.69 Å². The molecule has 0 aromatic heterocycles. The molecule has 4 nitrogen and oxygen atoms in total. The Kier molecular flexibility index (Phi) is 4.91. The molecule has 0 radical (unpaired) electrons. The predicted molar refractivity (Wildman–Crippen MR) is 103 cm³/mol. The van der Waals surface area contributed by atoms with E-state index in [-0.39, 0.29) is 16.4 Å². The predicted octanol–water partition coefficient (Wildman–Crippen LogP) is 4.34. The molecule has 0 aliphatic heterocycles. The Bertz CT molecular complexity index is 1040. The van der Waals surface area contributed by atoms with Gasteiger partial charge in [-0.1, -0.05) is 48.5 Å². The highest BCUT2D eigenvalue weighted by atomic mass is 32.2. The van der Waals surface area contributed by atoms with Crippen molar-refractivity contribution >= 4 is 21.5 Å². The molecule has 0 saturated carbocycles. The van der Waals surface area contributed by atoms with Crippen molar-refractivity contribution in [1.29, 1.82) is 0 Å². The van der Waals surface area contributed by atoms with E-state index in [0.717, 1.165) is 11.1 Å². The maximum atomic E-state index is 12.9. The Labute approximate surface area is 153 Å². The molecule has 0 spiro atoms. The summed E-state index contributed by atoms with van der Waals surface area (Å²) in [7, 11) is -3.78. The molecule has 0 fully saturated rings. The summed E-state index contributed by atoms with van der Waals surface area (Å²) in [5, 5.41) is 0. The number of hydrogen-bond acceptors (Lipinski definition) is 3. The van der Waals surface area contributed by atoms with Gasteiger partial charge in [0.2, 0.25) is 0 Å². The smallest absolute Gasteiger partial charge is 0.261 e. The van der Waals surface area contributed by atoms with Crippen molar-refractivity contribution in [2.45, 2.75) is 18.7 Å². The average molecular weight is 365 g/mol. The molecule has 0 atom stereocenters. The first-order valence-corrected chi connectivity index (χ1v) is 9.65. The quantitative estimate of drug-likeness (QED) is 0.684. The van der Waals surface area contributed by atoms with Gasteiger partial charge in [-0.3, -0.25) is 9.52 Å². The van der Waals surface area contributed by atoms with Crippen LogP contribution < -0.4 is 4.72 Å². The van der Waals surface area contributed by atoms with Gasteiger partial charge in [-0.05, 0) is 49.2 Å². The number of carbonyl (C=O) groups is 1. The van der Waals surface area contributed by atoms with Crippen molar-refractivity contribution in [3.8, 4) is 0 Å². The lowest BCUT2D eigenvalue weighted by Crippen LogP contribution is -2.16. The second-order valence-electron chi connectivity index (χ2n) is 6.10. The van der Waals surface area contributed by atoms with Gasteiger partial charge in [0, 0.05) is 11.1 Å². The summed E-state index contributed by atoms with van der Waals surface area (Å²) in [4.78, 5) is 13.1. The van der Waals surface area contributed by atoms with Crippen LogP contribution in [0.25, 0.3) is 0 Å². The Morgan fingerprint density at radius 3 is 1.96 bits per heavy atom. The Morgan fingerprint density at radius 1 is 0.808 bits per heavy atom. The van der Waals surface area contributed by atoms with E-state index in [4.69, 9.17) is 0 Å². The van der Waals surface area contributed by atoms with Gasteiger partial charge in [-0.15, -0.1) is 0 Å². The van der Waals surface area contributed by atoms with Gasteiger partial charge in [0.1, 0.15) is 0 Å². The lowest BCUT2D eigenvalue weighted by atomic mass is 9.97. The summed E-state index contributed by atoms with van der Waals surface area (Å²) >= 11 is 0. The van der Waals surface area contributed by atoms with Crippen LogP contribution in [-0.4, -0.2) is 14.2 Å². The van der Waals surface area contributed by atoms with E-state index >= 15 is 0 Å². The summed E-state index contributed by atoms with van der Waals surface area (Å²) in [6, 6.07) is 20.3. The molecular formula is C21H19NO3S. The van der Waals surface area contributed by atoms with Crippen LogP contribution in [-0.2, 0) is 10.0 Å². The molecule has 26 heavy (non-hydrogen) atoms.